The molecule has 0 aromatic heterocycles. The predicted molar refractivity (Wildman–Crippen MR) is 73.6 cm³/mol. The molecule has 5 heteroatoms. The maximum Gasteiger partial charge on any atom is 0.322 e. The van der Waals surface area contributed by atoms with Gasteiger partial charge in [0.05, 0.1) is 5.69 Å². The summed E-state index contributed by atoms with van der Waals surface area (Å²) < 4.78 is 13.4. The Kier molecular flexibility index (Phi) is 4.52. The van der Waals surface area contributed by atoms with Crippen LogP contribution in [0.4, 0.5) is 14.9 Å². The van der Waals surface area contributed by atoms with Crippen molar-refractivity contribution in [2.45, 2.75) is 0 Å². The topological polar surface area (TPSA) is 35.6 Å². The minimum atomic E-state index is -0.416. The van der Waals surface area contributed by atoms with Gasteiger partial charge >= 0.3 is 6.03 Å². The number of urea groups is 1. The first-order chi connectivity index (χ1) is 9.20. The zero-order valence-corrected chi connectivity index (χ0v) is 10.8. The molecule has 2 rings (SSSR count). The molecule has 0 atom stereocenters. The van der Waals surface area contributed by atoms with Crippen LogP contribution in [0, 0.1) is 5.82 Å². The minimum Gasteiger partial charge on any atom is -0.322 e. The lowest BCUT2D eigenvalue weighted by atomic mass is 10.3. The van der Waals surface area contributed by atoms with Crippen LogP contribution < -0.4 is 5.32 Å². The number of piperazine rings is 1. The second-order valence-electron chi connectivity index (χ2n) is 4.49. The standard InChI is InChI=1S/C14H18FN3O/c1-2-7-17-8-10-18(11-9-17)14(19)16-13-6-4-3-5-12(13)15/h2-6H,1,7-11H2,(H,16,19). The Bertz CT molecular complexity index is 456. The summed E-state index contributed by atoms with van der Waals surface area (Å²) in [7, 11) is 0. The van der Waals surface area contributed by atoms with E-state index in [-0.39, 0.29) is 11.7 Å². The molecule has 0 radical (unpaired) electrons. The van der Waals surface area contributed by atoms with Crippen LogP contribution in [0.25, 0.3) is 0 Å². The summed E-state index contributed by atoms with van der Waals surface area (Å²) in [5.41, 5.74) is 0.223. The number of hydrogen-bond donors (Lipinski definition) is 1. The number of nitrogens with one attached hydrogen (secondary N) is 1. The second kappa shape index (κ2) is 6.33. The summed E-state index contributed by atoms with van der Waals surface area (Å²) in [6, 6.07) is 5.93. The second-order valence-corrected chi connectivity index (χ2v) is 4.49. The molecule has 1 heterocycles. The number of para-hydroxylation sites is 1. The van der Waals surface area contributed by atoms with Gasteiger partial charge in [-0.2, -0.15) is 0 Å². The third kappa shape index (κ3) is 3.54. The highest BCUT2D eigenvalue weighted by molar-refractivity contribution is 5.89. The molecule has 0 bridgehead atoms. The summed E-state index contributed by atoms with van der Waals surface area (Å²) >= 11 is 0. The lowest BCUT2D eigenvalue weighted by molar-refractivity contribution is 0.155. The first-order valence-electron chi connectivity index (χ1n) is 6.34. The number of amides is 2. The largest absolute Gasteiger partial charge is 0.322 e. The van der Waals surface area contributed by atoms with Crippen LogP contribution in [0.5, 0.6) is 0 Å². The maximum absolute atomic E-state index is 13.4. The van der Waals surface area contributed by atoms with Crippen molar-refractivity contribution >= 4 is 11.7 Å². The van der Waals surface area contributed by atoms with E-state index >= 15 is 0 Å². The van der Waals surface area contributed by atoms with E-state index in [2.05, 4.69) is 16.8 Å². The molecule has 1 saturated heterocycles. The van der Waals surface area contributed by atoms with Gasteiger partial charge in [0.2, 0.25) is 0 Å². The van der Waals surface area contributed by atoms with Crippen molar-refractivity contribution in [1.29, 1.82) is 0 Å². The molecule has 0 unspecified atom stereocenters. The minimum absolute atomic E-state index is 0.223. The molecule has 0 aliphatic carbocycles. The molecule has 1 aromatic rings. The predicted octanol–water partition coefficient (Wildman–Crippen LogP) is 2.16. The monoisotopic (exact) mass is 263 g/mol. The third-order valence-electron chi connectivity index (χ3n) is 3.16. The number of hydrogen-bond acceptors (Lipinski definition) is 2. The number of halogens is 1. The van der Waals surface area contributed by atoms with E-state index in [0.29, 0.717) is 13.1 Å². The van der Waals surface area contributed by atoms with Crippen molar-refractivity contribution in [2.75, 3.05) is 38.0 Å². The summed E-state index contributed by atoms with van der Waals surface area (Å²) in [4.78, 5) is 15.9. The van der Waals surface area contributed by atoms with Crippen LogP contribution in [-0.4, -0.2) is 48.6 Å². The van der Waals surface area contributed by atoms with Crippen molar-refractivity contribution < 1.29 is 9.18 Å². The quantitative estimate of drug-likeness (QED) is 0.848. The molecule has 2 amide bonds. The van der Waals surface area contributed by atoms with Gasteiger partial charge in [-0.15, -0.1) is 6.58 Å². The van der Waals surface area contributed by atoms with Crippen molar-refractivity contribution in [3.05, 3.63) is 42.7 Å². The highest BCUT2D eigenvalue weighted by atomic mass is 19.1. The van der Waals surface area contributed by atoms with Crippen LogP contribution in [0.3, 0.4) is 0 Å². The van der Waals surface area contributed by atoms with E-state index in [1.54, 1.807) is 23.1 Å². The van der Waals surface area contributed by atoms with Gasteiger partial charge in [-0.1, -0.05) is 18.2 Å². The molecule has 0 spiro atoms. The summed E-state index contributed by atoms with van der Waals surface area (Å²) in [6.07, 6.45) is 1.86. The van der Waals surface area contributed by atoms with E-state index in [1.165, 1.54) is 6.07 Å². The van der Waals surface area contributed by atoms with Crippen LogP contribution in [-0.2, 0) is 0 Å². The molecule has 19 heavy (non-hydrogen) atoms. The Morgan fingerprint density at radius 1 is 1.32 bits per heavy atom. The summed E-state index contributed by atoms with van der Waals surface area (Å²) in [5.74, 6) is -0.416. The number of benzene rings is 1. The normalized spacial score (nSPS) is 16.2. The van der Waals surface area contributed by atoms with Gasteiger partial charge in [-0.25, -0.2) is 9.18 Å². The summed E-state index contributed by atoms with van der Waals surface area (Å²) in [6.45, 7) is 7.46. The van der Waals surface area contributed by atoms with Crippen LogP contribution in [0.2, 0.25) is 0 Å². The van der Waals surface area contributed by atoms with E-state index in [0.717, 1.165) is 19.6 Å². The van der Waals surface area contributed by atoms with Gasteiger partial charge in [-0.05, 0) is 12.1 Å². The molecule has 4 nitrogen and oxygen atoms in total. The van der Waals surface area contributed by atoms with Gasteiger partial charge in [-0.3, -0.25) is 4.90 Å². The molecular weight excluding hydrogens is 245 g/mol. The lowest BCUT2D eigenvalue weighted by Gasteiger charge is -2.34. The molecule has 1 aliphatic rings. The highest BCUT2D eigenvalue weighted by Gasteiger charge is 2.20. The molecule has 0 saturated carbocycles. The first-order valence-corrected chi connectivity index (χ1v) is 6.34. The van der Waals surface area contributed by atoms with Crippen molar-refractivity contribution in [2.24, 2.45) is 0 Å². The Balaban J connectivity index is 1.88. The Labute approximate surface area is 112 Å². The lowest BCUT2D eigenvalue weighted by Crippen LogP contribution is -2.49. The van der Waals surface area contributed by atoms with Crippen LogP contribution in [0.1, 0.15) is 0 Å². The number of anilines is 1. The van der Waals surface area contributed by atoms with E-state index in [1.807, 2.05) is 6.08 Å². The maximum atomic E-state index is 13.4. The Morgan fingerprint density at radius 3 is 2.63 bits per heavy atom. The number of carbonyl (C=O) groups excluding carboxylic acids is 1. The SMILES string of the molecule is C=CCN1CCN(C(=O)Nc2ccccc2F)CC1. The van der Waals surface area contributed by atoms with Gasteiger partial charge in [0.15, 0.2) is 0 Å². The van der Waals surface area contributed by atoms with E-state index < -0.39 is 5.82 Å². The number of rotatable bonds is 3. The van der Waals surface area contributed by atoms with Crippen LogP contribution >= 0.6 is 0 Å². The third-order valence-corrected chi connectivity index (χ3v) is 3.16. The average molecular weight is 263 g/mol. The molecule has 1 aromatic carbocycles. The number of carbonyl (C=O) groups is 1. The van der Waals surface area contributed by atoms with E-state index in [4.69, 9.17) is 0 Å². The highest BCUT2D eigenvalue weighted by Crippen LogP contribution is 2.13. The van der Waals surface area contributed by atoms with Crippen molar-refractivity contribution in [3.8, 4) is 0 Å². The zero-order chi connectivity index (χ0) is 13.7. The fourth-order valence-electron chi connectivity index (χ4n) is 2.07. The number of nitrogens with zero attached hydrogens (tertiary/aromatic N) is 2. The Morgan fingerprint density at radius 2 is 2.00 bits per heavy atom. The zero-order valence-electron chi connectivity index (χ0n) is 10.8. The fraction of sp³-hybridized carbons (Fsp3) is 0.357. The molecule has 1 N–H and O–H groups in total. The molecule has 1 aliphatic heterocycles. The Hall–Kier alpha value is -1.88. The van der Waals surface area contributed by atoms with Gasteiger partial charge < -0.3 is 10.2 Å². The molecular formula is C14H18FN3O. The fourth-order valence-corrected chi connectivity index (χ4v) is 2.07. The molecule has 1 fully saturated rings. The van der Waals surface area contributed by atoms with E-state index in [9.17, 15) is 9.18 Å². The summed E-state index contributed by atoms with van der Waals surface area (Å²) in [5, 5.41) is 2.60. The van der Waals surface area contributed by atoms with Crippen LogP contribution in [0.15, 0.2) is 36.9 Å². The molecule has 102 valence electrons. The first kappa shape index (κ1) is 13.5. The smallest absolute Gasteiger partial charge is 0.322 e. The van der Waals surface area contributed by atoms with Crippen molar-refractivity contribution in [3.63, 3.8) is 0 Å². The van der Waals surface area contributed by atoms with Gasteiger partial charge in [0.1, 0.15) is 5.82 Å². The van der Waals surface area contributed by atoms with Gasteiger partial charge in [0, 0.05) is 32.7 Å². The van der Waals surface area contributed by atoms with Gasteiger partial charge in [0.25, 0.3) is 0 Å². The van der Waals surface area contributed by atoms with Crippen molar-refractivity contribution in [1.82, 2.24) is 9.80 Å². The average Bonchev–Trinajstić information content (AvgIpc) is 2.42.